The van der Waals surface area contributed by atoms with E-state index in [4.69, 9.17) is 9.72 Å². The van der Waals surface area contributed by atoms with Crippen molar-refractivity contribution in [3.05, 3.63) is 93.8 Å². The van der Waals surface area contributed by atoms with Crippen molar-refractivity contribution in [1.29, 1.82) is 0 Å². The number of thioether (sulfide) groups is 1. The standard InChI is InChI=1S/C30H30N2O3S/c1-20-12-17-28(35-2)26(18-20)32-29(34)24-10-6-7-11-25(24)31-30(32)36-19-27(33)23-15-13-22(14-16-23)21-8-4-3-5-9-21/h6-7,10-18,21H,3-5,8-9,19H2,1-2H3. The molecule has 4 aromatic rings. The Labute approximate surface area is 215 Å². The quantitative estimate of drug-likeness (QED) is 0.161. The first-order valence-electron chi connectivity index (χ1n) is 12.5. The van der Waals surface area contributed by atoms with Crippen LogP contribution in [0.5, 0.6) is 5.75 Å². The van der Waals surface area contributed by atoms with Crippen LogP contribution < -0.4 is 10.3 Å². The van der Waals surface area contributed by atoms with Crippen molar-refractivity contribution < 1.29 is 9.53 Å². The van der Waals surface area contributed by atoms with E-state index in [2.05, 4.69) is 12.1 Å². The number of fused-ring (bicyclic) bond motifs is 1. The highest BCUT2D eigenvalue weighted by atomic mass is 32.2. The van der Waals surface area contributed by atoms with Crippen LogP contribution in [0.4, 0.5) is 0 Å². The van der Waals surface area contributed by atoms with Gasteiger partial charge in [-0.15, -0.1) is 0 Å². The Morgan fingerprint density at radius 3 is 2.53 bits per heavy atom. The summed E-state index contributed by atoms with van der Waals surface area (Å²) in [5.74, 6) is 1.38. The summed E-state index contributed by atoms with van der Waals surface area (Å²) in [5, 5.41) is 0.991. The molecule has 0 bridgehead atoms. The number of hydrogen-bond donors (Lipinski definition) is 0. The van der Waals surface area contributed by atoms with Crippen molar-refractivity contribution in [1.82, 2.24) is 9.55 Å². The van der Waals surface area contributed by atoms with E-state index in [1.807, 2.05) is 55.5 Å². The van der Waals surface area contributed by atoms with Crippen molar-refractivity contribution in [2.24, 2.45) is 0 Å². The fourth-order valence-corrected chi connectivity index (χ4v) is 5.89. The lowest BCUT2D eigenvalue weighted by Gasteiger charge is -2.22. The van der Waals surface area contributed by atoms with Gasteiger partial charge in [-0.3, -0.25) is 14.2 Å². The van der Waals surface area contributed by atoms with Gasteiger partial charge in [0.25, 0.3) is 5.56 Å². The first kappa shape index (κ1) is 24.3. The van der Waals surface area contributed by atoms with Crippen molar-refractivity contribution in [3.8, 4) is 11.4 Å². The van der Waals surface area contributed by atoms with E-state index in [1.54, 1.807) is 17.7 Å². The predicted octanol–water partition coefficient (Wildman–Crippen LogP) is 6.73. The maximum Gasteiger partial charge on any atom is 0.266 e. The molecule has 1 aromatic heterocycles. The number of benzene rings is 3. The number of Topliss-reactive ketones (excluding diaryl/α,β-unsaturated/α-hetero) is 1. The highest BCUT2D eigenvalue weighted by molar-refractivity contribution is 7.99. The van der Waals surface area contributed by atoms with Gasteiger partial charge < -0.3 is 4.74 Å². The van der Waals surface area contributed by atoms with Gasteiger partial charge in [-0.2, -0.15) is 0 Å². The van der Waals surface area contributed by atoms with Crippen LogP contribution in [0, 0.1) is 6.92 Å². The zero-order chi connectivity index (χ0) is 25.1. The van der Waals surface area contributed by atoms with Gasteiger partial charge >= 0.3 is 0 Å². The lowest BCUT2D eigenvalue weighted by molar-refractivity contribution is 0.102. The normalized spacial score (nSPS) is 14.2. The number of carbonyl (C=O) groups excluding carboxylic acids is 1. The Morgan fingerprint density at radius 2 is 1.78 bits per heavy atom. The molecule has 0 amide bonds. The number of rotatable bonds is 7. The third-order valence-corrected chi connectivity index (χ3v) is 7.90. The topological polar surface area (TPSA) is 61.2 Å². The average molecular weight is 499 g/mol. The second-order valence-corrected chi connectivity index (χ2v) is 10.3. The lowest BCUT2D eigenvalue weighted by atomic mass is 9.84. The Hall–Kier alpha value is -3.38. The van der Waals surface area contributed by atoms with E-state index in [0.717, 1.165) is 5.56 Å². The molecule has 0 aliphatic heterocycles. The van der Waals surface area contributed by atoms with E-state index in [9.17, 15) is 9.59 Å². The lowest BCUT2D eigenvalue weighted by Crippen LogP contribution is -2.23. The maximum absolute atomic E-state index is 13.6. The molecule has 36 heavy (non-hydrogen) atoms. The Bertz CT molecular complexity index is 1450. The molecule has 0 N–H and O–H groups in total. The average Bonchev–Trinajstić information content (AvgIpc) is 2.92. The number of nitrogens with zero attached hydrogens (tertiary/aromatic N) is 2. The zero-order valence-electron chi connectivity index (χ0n) is 20.7. The summed E-state index contributed by atoms with van der Waals surface area (Å²) >= 11 is 1.28. The van der Waals surface area contributed by atoms with Gasteiger partial charge in [0.1, 0.15) is 5.75 Å². The highest BCUT2D eigenvalue weighted by Gasteiger charge is 2.19. The first-order chi connectivity index (χ1) is 17.5. The van der Waals surface area contributed by atoms with Crippen LogP contribution in [0.1, 0.15) is 59.5 Å². The minimum Gasteiger partial charge on any atom is -0.495 e. The van der Waals surface area contributed by atoms with E-state index >= 15 is 0 Å². The monoisotopic (exact) mass is 498 g/mol. The molecule has 0 unspecified atom stereocenters. The molecule has 1 heterocycles. The van der Waals surface area contributed by atoms with Crippen molar-refractivity contribution >= 4 is 28.4 Å². The number of methoxy groups -OCH3 is 1. The molecular weight excluding hydrogens is 468 g/mol. The summed E-state index contributed by atoms with van der Waals surface area (Å²) in [6, 6.07) is 21.1. The van der Waals surface area contributed by atoms with Gasteiger partial charge in [-0.1, -0.05) is 73.5 Å². The van der Waals surface area contributed by atoms with Crippen LogP contribution in [-0.2, 0) is 0 Å². The number of aromatic nitrogens is 2. The van der Waals surface area contributed by atoms with Crippen molar-refractivity contribution in [3.63, 3.8) is 0 Å². The molecule has 1 fully saturated rings. The molecule has 0 radical (unpaired) electrons. The number of ketones is 1. The third kappa shape index (κ3) is 4.96. The van der Waals surface area contributed by atoms with Crippen molar-refractivity contribution in [2.45, 2.75) is 50.1 Å². The van der Waals surface area contributed by atoms with Gasteiger partial charge in [0.05, 0.1) is 29.5 Å². The molecule has 0 atom stereocenters. The largest absolute Gasteiger partial charge is 0.495 e. The molecule has 3 aromatic carbocycles. The summed E-state index contributed by atoms with van der Waals surface area (Å²) in [5.41, 5.74) is 4.05. The fraction of sp³-hybridized carbons (Fsp3) is 0.300. The first-order valence-corrected chi connectivity index (χ1v) is 13.5. The number of hydrogen-bond acceptors (Lipinski definition) is 5. The Balaban J connectivity index is 1.46. The summed E-state index contributed by atoms with van der Waals surface area (Å²) in [4.78, 5) is 31.5. The van der Waals surface area contributed by atoms with Gasteiger partial charge in [0.15, 0.2) is 10.9 Å². The molecule has 184 valence electrons. The van der Waals surface area contributed by atoms with Crippen LogP contribution in [0.2, 0.25) is 0 Å². The number of para-hydroxylation sites is 1. The van der Waals surface area contributed by atoms with Crippen LogP contribution >= 0.6 is 11.8 Å². The Morgan fingerprint density at radius 1 is 1.03 bits per heavy atom. The molecule has 1 aliphatic carbocycles. The van der Waals surface area contributed by atoms with E-state index in [-0.39, 0.29) is 17.1 Å². The van der Waals surface area contributed by atoms with Crippen molar-refractivity contribution in [2.75, 3.05) is 12.9 Å². The number of aryl methyl sites for hydroxylation is 1. The minimum atomic E-state index is -0.184. The summed E-state index contributed by atoms with van der Waals surface area (Å²) in [6.07, 6.45) is 6.36. The summed E-state index contributed by atoms with van der Waals surface area (Å²) in [7, 11) is 1.58. The Kier molecular flexibility index (Phi) is 7.23. The van der Waals surface area contributed by atoms with Gasteiger partial charge in [-0.05, 0) is 61.1 Å². The molecule has 0 saturated heterocycles. The minimum absolute atomic E-state index is 0.0142. The molecule has 1 saturated carbocycles. The smallest absolute Gasteiger partial charge is 0.266 e. The molecule has 5 nitrogen and oxygen atoms in total. The third-order valence-electron chi connectivity index (χ3n) is 6.96. The number of carbonyl (C=O) groups is 1. The van der Waals surface area contributed by atoms with Crippen LogP contribution in [0.25, 0.3) is 16.6 Å². The van der Waals surface area contributed by atoms with E-state index in [0.29, 0.717) is 39.0 Å². The molecular formula is C30H30N2O3S. The molecule has 1 aliphatic rings. The van der Waals surface area contributed by atoms with E-state index < -0.39 is 0 Å². The second-order valence-electron chi connectivity index (χ2n) is 9.40. The summed E-state index contributed by atoms with van der Waals surface area (Å²) < 4.78 is 7.14. The molecule has 5 rings (SSSR count). The molecule has 6 heteroatoms. The molecule has 0 spiro atoms. The van der Waals surface area contributed by atoms with Gasteiger partial charge in [-0.25, -0.2) is 4.98 Å². The van der Waals surface area contributed by atoms with Crippen LogP contribution in [-0.4, -0.2) is 28.2 Å². The van der Waals surface area contributed by atoms with Crippen LogP contribution in [0.15, 0.2) is 76.7 Å². The maximum atomic E-state index is 13.6. The van der Waals surface area contributed by atoms with Gasteiger partial charge in [0.2, 0.25) is 0 Å². The fourth-order valence-electron chi connectivity index (χ4n) is 4.99. The SMILES string of the molecule is COc1ccc(C)cc1-n1c(SCC(=O)c2ccc(C3CCCCC3)cc2)nc2ccccc2c1=O. The predicted molar refractivity (Wildman–Crippen MR) is 146 cm³/mol. The second kappa shape index (κ2) is 10.7. The van der Waals surface area contributed by atoms with E-state index in [1.165, 1.54) is 49.4 Å². The van der Waals surface area contributed by atoms with Gasteiger partial charge in [0, 0.05) is 5.56 Å². The highest BCUT2D eigenvalue weighted by Crippen LogP contribution is 2.33. The summed E-state index contributed by atoms with van der Waals surface area (Å²) in [6.45, 7) is 1.97. The number of ether oxygens (including phenoxy) is 1. The van der Waals surface area contributed by atoms with Crippen LogP contribution in [0.3, 0.4) is 0 Å². The zero-order valence-corrected chi connectivity index (χ0v) is 21.5.